The lowest BCUT2D eigenvalue weighted by molar-refractivity contribution is 0.0870. The van der Waals surface area contributed by atoms with Gasteiger partial charge in [-0.25, -0.2) is 9.97 Å². The highest BCUT2D eigenvalue weighted by Crippen LogP contribution is 2.25. The van der Waals surface area contributed by atoms with Gasteiger partial charge >= 0.3 is 0 Å². The Morgan fingerprint density at radius 3 is 1.72 bits per heavy atom. The molecule has 264 valence electrons. The molecule has 6 heterocycles. The third-order valence-corrected chi connectivity index (χ3v) is 11.4. The molecular formula is C36H50N10O2Si2. The van der Waals surface area contributed by atoms with E-state index >= 15 is 0 Å². The van der Waals surface area contributed by atoms with Crippen LogP contribution in [0.4, 0.5) is 0 Å². The molecule has 0 bridgehead atoms. The molecule has 50 heavy (non-hydrogen) atoms. The summed E-state index contributed by atoms with van der Waals surface area (Å²) in [6.45, 7) is 20.7. The van der Waals surface area contributed by atoms with Gasteiger partial charge in [0, 0.05) is 83.4 Å². The van der Waals surface area contributed by atoms with Gasteiger partial charge in [-0.05, 0) is 61.3 Å². The van der Waals surface area contributed by atoms with Crippen LogP contribution in [0, 0.1) is 13.8 Å². The lowest BCUT2D eigenvalue weighted by atomic mass is 10.1. The maximum Gasteiger partial charge on any atom is 0.160 e. The molecule has 0 aliphatic carbocycles. The Hall–Kier alpha value is -4.51. The summed E-state index contributed by atoms with van der Waals surface area (Å²) in [5.41, 5.74) is 7.88. The number of ether oxygens (including phenoxy) is 2. The summed E-state index contributed by atoms with van der Waals surface area (Å²) in [4.78, 5) is 18.2. The van der Waals surface area contributed by atoms with Gasteiger partial charge in [0.2, 0.25) is 0 Å². The number of pyridine rings is 2. The zero-order valence-electron chi connectivity index (χ0n) is 30.6. The van der Waals surface area contributed by atoms with E-state index < -0.39 is 16.1 Å². The lowest BCUT2D eigenvalue weighted by Crippen LogP contribution is -2.22. The minimum Gasteiger partial charge on any atom is -0.361 e. The van der Waals surface area contributed by atoms with Crippen LogP contribution in [0.15, 0.2) is 73.8 Å². The van der Waals surface area contributed by atoms with E-state index in [1.165, 1.54) is 0 Å². The molecule has 0 unspecified atom stereocenters. The average Bonchev–Trinajstić information content (AvgIpc) is 3.90. The topological polar surface area (TPSA) is 137 Å². The highest BCUT2D eigenvalue weighted by Gasteiger charge is 2.16. The van der Waals surface area contributed by atoms with E-state index in [4.69, 9.17) is 9.47 Å². The van der Waals surface area contributed by atoms with Crippen molar-refractivity contribution in [2.24, 2.45) is 0 Å². The van der Waals surface area contributed by atoms with Crippen molar-refractivity contribution in [3.05, 3.63) is 85.2 Å². The molecule has 0 aliphatic rings. The first-order valence-electron chi connectivity index (χ1n) is 17.0. The fraction of sp³-hybridized carbons (Fsp3) is 0.389. The number of nitrogens with one attached hydrogen (secondary N) is 2. The molecule has 0 amide bonds. The molecule has 0 aliphatic heterocycles. The van der Waals surface area contributed by atoms with E-state index in [1.54, 1.807) is 24.8 Å². The van der Waals surface area contributed by atoms with Gasteiger partial charge in [0.1, 0.15) is 24.8 Å². The zero-order valence-corrected chi connectivity index (χ0v) is 32.6. The van der Waals surface area contributed by atoms with E-state index in [2.05, 4.69) is 84.2 Å². The number of imidazole rings is 2. The van der Waals surface area contributed by atoms with Crippen LogP contribution in [-0.2, 0) is 22.9 Å². The minimum atomic E-state index is -1.08. The average molecular weight is 711 g/mol. The van der Waals surface area contributed by atoms with E-state index in [1.807, 2.05) is 67.5 Å². The molecule has 6 aromatic rings. The van der Waals surface area contributed by atoms with Crippen molar-refractivity contribution in [3.63, 3.8) is 0 Å². The molecule has 0 spiro atoms. The molecule has 0 fully saturated rings. The first-order valence-corrected chi connectivity index (χ1v) is 24.4. The zero-order chi connectivity index (χ0) is 35.7. The third kappa shape index (κ3) is 10.5. The van der Waals surface area contributed by atoms with Crippen LogP contribution in [0.3, 0.4) is 0 Å². The van der Waals surface area contributed by atoms with Crippen LogP contribution in [-0.4, -0.2) is 78.8 Å². The number of aryl methyl sites for hydroxylation is 2. The van der Waals surface area contributed by atoms with Crippen molar-refractivity contribution in [1.29, 1.82) is 0 Å². The van der Waals surface area contributed by atoms with Gasteiger partial charge in [-0.2, -0.15) is 10.2 Å². The molecule has 0 atom stereocenters. The molecular weight excluding hydrogens is 661 g/mol. The number of nitrogens with zero attached hydrogens (tertiary/aromatic N) is 8. The van der Waals surface area contributed by atoms with E-state index in [0.29, 0.717) is 13.5 Å². The third-order valence-electron chi connectivity index (χ3n) is 8.04. The molecule has 0 radical (unpaired) electrons. The Morgan fingerprint density at radius 1 is 0.660 bits per heavy atom. The smallest absolute Gasteiger partial charge is 0.160 e. The monoisotopic (exact) mass is 710 g/mol. The second-order valence-electron chi connectivity index (χ2n) is 14.9. The normalized spacial score (nSPS) is 11.8. The predicted molar refractivity (Wildman–Crippen MR) is 204 cm³/mol. The Morgan fingerprint density at radius 2 is 1.20 bits per heavy atom. The van der Waals surface area contributed by atoms with Crippen molar-refractivity contribution >= 4 is 16.1 Å². The standard InChI is InChI=1S/2C18H25N5OSi/c1-14-12-23(13-24-7-8-25(2,3)4)18(22-14)17-9-15(5-6-19-17)16-10-20-21-11-16;1-14-10-20-18(23(14)13-24-7-8-25(2,3)4)17-9-15(5-6-19-17)16-11-21-22-12-16/h5-6,9-12H,7-8,13H2,1-4H3,(H,20,21);5-6,9-12H,7-8,13H2,1-4H3,(H,21,22). The fourth-order valence-electron chi connectivity index (χ4n) is 5.04. The number of aromatic amines is 2. The van der Waals surface area contributed by atoms with Gasteiger partial charge in [0.25, 0.3) is 0 Å². The van der Waals surface area contributed by atoms with Gasteiger partial charge in [-0.3, -0.25) is 20.2 Å². The highest BCUT2D eigenvalue weighted by atomic mass is 28.3. The SMILES string of the molecule is Cc1cn(COCC[Si](C)(C)C)c(-c2cc(-c3cn[nH]c3)ccn2)n1.Cc1cnc(-c2cc(-c3cn[nH]c3)ccn2)n1COCC[Si](C)(C)C. The van der Waals surface area contributed by atoms with Crippen LogP contribution >= 0.6 is 0 Å². The second kappa shape index (κ2) is 16.5. The van der Waals surface area contributed by atoms with Crippen molar-refractivity contribution in [3.8, 4) is 45.3 Å². The molecule has 0 aromatic carbocycles. The molecule has 12 nitrogen and oxygen atoms in total. The molecule has 6 rings (SSSR count). The summed E-state index contributed by atoms with van der Waals surface area (Å²) >= 11 is 0. The summed E-state index contributed by atoms with van der Waals surface area (Å²) in [6.07, 6.45) is 14.8. The van der Waals surface area contributed by atoms with E-state index in [-0.39, 0.29) is 0 Å². The largest absolute Gasteiger partial charge is 0.361 e. The van der Waals surface area contributed by atoms with Crippen molar-refractivity contribution in [2.45, 2.75) is 78.7 Å². The van der Waals surface area contributed by atoms with Gasteiger partial charge in [0.05, 0.1) is 18.1 Å². The number of rotatable bonds is 14. The first-order chi connectivity index (χ1) is 23.9. The minimum absolute atomic E-state index is 0.498. The summed E-state index contributed by atoms with van der Waals surface area (Å²) in [5, 5.41) is 13.7. The molecule has 14 heteroatoms. The lowest BCUT2D eigenvalue weighted by Gasteiger charge is -2.16. The summed E-state index contributed by atoms with van der Waals surface area (Å²) < 4.78 is 15.9. The van der Waals surface area contributed by atoms with Crippen LogP contribution < -0.4 is 0 Å². The molecule has 2 N–H and O–H groups in total. The van der Waals surface area contributed by atoms with E-state index in [0.717, 1.165) is 82.0 Å². The highest BCUT2D eigenvalue weighted by molar-refractivity contribution is 6.76. The van der Waals surface area contributed by atoms with Crippen LogP contribution in [0.1, 0.15) is 11.4 Å². The Kier molecular flexibility index (Phi) is 12.1. The summed E-state index contributed by atoms with van der Waals surface area (Å²) in [7, 11) is -2.16. The summed E-state index contributed by atoms with van der Waals surface area (Å²) in [6, 6.07) is 10.3. The van der Waals surface area contributed by atoms with Gasteiger partial charge in [0.15, 0.2) is 11.6 Å². The number of aromatic nitrogens is 10. The molecule has 0 saturated carbocycles. The number of hydrogen-bond acceptors (Lipinski definition) is 8. The van der Waals surface area contributed by atoms with Crippen molar-refractivity contribution < 1.29 is 9.47 Å². The quantitative estimate of drug-likeness (QED) is 0.0860. The molecule has 0 saturated heterocycles. The fourth-order valence-corrected chi connectivity index (χ4v) is 6.55. The van der Waals surface area contributed by atoms with Crippen LogP contribution in [0.25, 0.3) is 45.3 Å². The van der Waals surface area contributed by atoms with Gasteiger partial charge < -0.3 is 18.6 Å². The predicted octanol–water partition coefficient (Wildman–Crippen LogP) is 7.91. The van der Waals surface area contributed by atoms with Crippen LogP contribution in [0.2, 0.25) is 51.4 Å². The van der Waals surface area contributed by atoms with Crippen molar-refractivity contribution in [1.82, 2.24) is 49.5 Å². The number of H-pyrrole nitrogens is 2. The van der Waals surface area contributed by atoms with Crippen LogP contribution in [0.5, 0.6) is 0 Å². The Balaban J connectivity index is 0.000000194. The van der Waals surface area contributed by atoms with Crippen molar-refractivity contribution in [2.75, 3.05) is 13.2 Å². The molecule has 6 aromatic heterocycles. The van der Waals surface area contributed by atoms with E-state index in [9.17, 15) is 0 Å². The maximum atomic E-state index is 5.91. The van der Waals surface area contributed by atoms with Gasteiger partial charge in [-0.15, -0.1) is 0 Å². The Bertz CT molecular complexity index is 1840. The second-order valence-corrected chi connectivity index (χ2v) is 26.1. The first kappa shape index (κ1) is 36.8. The maximum absolute atomic E-state index is 5.91. The Labute approximate surface area is 296 Å². The number of hydrogen-bond donors (Lipinski definition) is 2. The summed E-state index contributed by atoms with van der Waals surface area (Å²) in [5.74, 6) is 1.66. The van der Waals surface area contributed by atoms with Gasteiger partial charge in [-0.1, -0.05) is 39.3 Å².